The molecule has 0 radical (unpaired) electrons. The first-order valence-corrected chi connectivity index (χ1v) is 7.69. The molecule has 0 aliphatic carbocycles. The SMILES string of the molecule is C=CC(=O)N1CCN(CC(=O)NC(C=O)CCC=O)C(=O)C1(C)C. The van der Waals surface area contributed by atoms with E-state index in [4.69, 9.17) is 0 Å². The topological polar surface area (TPSA) is 104 Å². The number of carbonyl (C=O) groups excluding carboxylic acids is 5. The first kappa shape index (κ1) is 19.5. The van der Waals surface area contributed by atoms with E-state index in [0.717, 1.165) is 6.08 Å². The monoisotopic (exact) mass is 337 g/mol. The Morgan fingerprint density at radius 3 is 2.54 bits per heavy atom. The van der Waals surface area contributed by atoms with Crippen LogP contribution in [-0.2, 0) is 24.0 Å². The zero-order valence-corrected chi connectivity index (χ0v) is 14.0. The molecule has 0 aromatic rings. The zero-order chi connectivity index (χ0) is 18.3. The summed E-state index contributed by atoms with van der Waals surface area (Å²) in [6, 6.07) is -0.755. The third-order valence-corrected chi connectivity index (χ3v) is 3.96. The number of amides is 3. The van der Waals surface area contributed by atoms with Crippen LogP contribution in [0.15, 0.2) is 12.7 Å². The van der Waals surface area contributed by atoms with Gasteiger partial charge in [-0.05, 0) is 26.3 Å². The normalized spacial score (nSPS) is 17.8. The summed E-state index contributed by atoms with van der Waals surface area (Å²) < 4.78 is 0. The molecule has 1 N–H and O–H groups in total. The van der Waals surface area contributed by atoms with Crippen LogP contribution in [0.5, 0.6) is 0 Å². The number of nitrogens with zero attached hydrogens (tertiary/aromatic N) is 2. The molecule has 24 heavy (non-hydrogen) atoms. The highest BCUT2D eigenvalue weighted by Gasteiger charge is 2.43. The van der Waals surface area contributed by atoms with Gasteiger partial charge >= 0.3 is 0 Å². The molecule has 1 aliphatic rings. The summed E-state index contributed by atoms with van der Waals surface area (Å²) in [5.41, 5.74) is -1.08. The van der Waals surface area contributed by atoms with Gasteiger partial charge in [0.1, 0.15) is 18.1 Å². The van der Waals surface area contributed by atoms with Crippen molar-refractivity contribution < 1.29 is 24.0 Å². The predicted octanol–water partition coefficient (Wildman–Crippen LogP) is -0.715. The molecule has 0 aromatic heterocycles. The van der Waals surface area contributed by atoms with E-state index in [1.54, 1.807) is 13.8 Å². The van der Waals surface area contributed by atoms with Crippen LogP contribution in [0, 0.1) is 0 Å². The molecule has 0 spiro atoms. The Hall–Kier alpha value is -2.51. The Bertz CT molecular complexity index is 544. The minimum Gasteiger partial charge on any atom is -0.345 e. The number of nitrogens with one attached hydrogen (secondary N) is 1. The highest BCUT2D eigenvalue weighted by atomic mass is 16.2. The lowest BCUT2D eigenvalue weighted by molar-refractivity contribution is -0.157. The molecule has 0 bridgehead atoms. The molecule has 0 saturated carbocycles. The van der Waals surface area contributed by atoms with Crippen LogP contribution in [0.25, 0.3) is 0 Å². The maximum absolute atomic E-state index is 12.5. The lowest BCUT2D eigenvalue weighted by Crippen LogP contribution is -2.65. The standard InChI is InChI=1S/C16H23N3O5/c1-4-14(23)19-8-7-18(15(24)16(19,2)3)10-13(22)17-12(11-21)6-5-9-20/h4,9,11-12H,1,5-8,10H2,2-3H3,(H,17,22). The van der Waals surface area contributed by atoms with Crippen LogP contribution in [0.3, 0.4) is 0 Å². The lowest BCUT2D eigenvalue weighted by Gasteiger charge is -2.45. The molecular formula is C16H23N3O5. The van der Waals surface area contributed by atoms with Gasteiger partial charge in [0.2, 0.25) is 17.7 Å². The fraction of sp³-hybridized carbons (Fsp3) is 0.562. The molecule has 1 rings (SSSR count). The number of aldehydes is 2. The second-order valence-electron chi connectivity index (χ2n) is 6.03. The molecule has 1 unspecified atom stereocenters. The van der Waals surface area contributed by atoms with E-state index in [9.17, 15) is 24.0 Å². The summed E-state index contributed by atoms with van der Waals surface area (Å²) in [7, 11) is 0. The van der Waals surface area contributed by atoms with Gasteiger partial charge in [-0.25, -0.2) is 0 Å². The third-order valence-electron chi connectivity index (χ3n) is 3.96. The van der Waals surface area contributed by atoms with Crippen molar-refractivity contribution in [1.29, 1.82) is 0 Å². The molecule has 1 fully saturated rings. The van der Waals surface area contributed by atoms with Gasteiger partial charge < -0.3 is 24.7 Å². The van der Waals surface area contributed by atoms with Gasteiger partial charge in [-0.1, -0.05) is 6.58 Å². The highest BCUT2D eigenvalue weighted by molar-refractivity contribution is 5.97. The van der Waals surface area contributed by atoms with E-state index in [1.807, 2.05) is 0 Å². The molecule has 8 nitrogen and oxygen atoms in total. The van der Waals surface area contributed by atoms with Gasteiger partial charge in [0.05, 0.1) is 12.6 Å². The highest BCUT2D eigenvalue weighted by Crippen LogP contribution is 2.22. The molecule has 1 saturated heterocycles. The van der Waals surface area contributed by atoms with Gasteiger partial charge in [0, 0.05) is 19.5 Å². The summed E-state index contributed by atoms with van der Waals surface area (Å²) in [4.78, 5) is 60.4. The minimum absolute atomic E-state index is 0.165. The Labute approximate surface area is 140 Å². The number of rotatable bonds is 8. The first-order valence-electron chi connectivity index (χ1n) is 7.69. The van der Waals surface area contributed by atoms with E-state index >= 15 is 0 Å². The number of piperazine rings is 1. The zero-order valence-electron chi connectivity index (χ0n) is 14.0. The van der Waals surface area contributed by atoms with Gasteiger partial charge in [-0.3, -0.25) is 14.4 Å². The quantitative estimate of drug-likeness (QED) is 0.465. The fourth-order valence-electron chi connectivity index (χ4n) is 2.60. The maximum atomic E-state index is 12.5. The van der Waals surface area contributed by atoms with Crippen molar-refractivity contribution in [2.45, 2.75) is 38.3 Å². The Morgan fingerprint density at radius 2 is 2.00 bits per heavy atom. The fourth-order valence-corrected chi connectivity index (χ4v) is 2.60. The molecule has 1 aliphatic heterocycles. The molecule has 1 atom stereocenters. The van der Waals surface area contributed by atoms with E-state index in [2.05, 4.69) is 11.9 Å². The van der Waals surface area contributed by atoms with E-state index < -0.39 is 17.5 Å². The van der Waals surface area contributed by atoms with Crippen molar-refractivity contribution in [3.8, 4) is 0 Å². The largest absolute Gasteiger partial charge is 0.345 e. The number of carbonyl (C=O) groups is 5. The number of hydrogen-bond acceptors (Lipinski definition) is 5. The molecular weight excluding hydrogens is 314 g/mol. The summed E-state index contributed by atoms with van der Waals surface area (Å²) >= 11 is 0. The molecule has 3 amide bonds. The summed E-state index contributed by atoms with van der Waals surface area (Å²) in [6.07, 6.45) is 2.77. The van der Waals surface area contributed by atoms with Crippen LogP contribution >= 0.6 is 0 Å². The Kier molecular flexibility index (Phi) is 6.82. The van der Waals surface area contributed by atoms with E-state index in [-0.39, 0.29) is 37.7 Å². The lowest BCUT2D eigenvalue weighted by atomic mass is 9.97. The maximum Gasteiger partial charge on any atom is 0.248 e. The van der Waals surface area contributed by atoms with Crippen LogP contribution in [0.4, 0.5) is 0 Å². The molecule has 1 heterocycles. The smallest absolute Gasteiger partial charge is 0.248 e. The Balaban J connectivity index is 2.69. The van der Waals surface area contributed by atoms with Crippen molar-refractivity contribution >= 4 is 30.3 Å². The second kappa shape index (κ2) is 8.37. The number of hydrogen-bond donors (Lipinski definition) is 1. The van der Waals surface area contributed by atoms with E-state index in [0.29, 0.717) is 19.1 Å². The van der Waals surface area contributed by atoms with Crippen molar-refractivity contribution in [3.63, 3.8) is 0 Å². The van der Waals surface area contributed by atoms with Gasteiger partial charge in [0.15, 0.2) is 0 Å². The van der Waals surface area contributed by atoms with Gasteiger partial charge in [0.25, 0.3) is 0 Å². The van der Waals surface area contributed by atoms with Crippen LogP contribution < -0.4 is 5.32 Å². The summed E-state index contributed by atoms with van der Waals surface area (Å²) in [5, 5.41) is 2.49. The van der Waals surface area contributed by atoms with Crippen molar-refractivity contribution in [2.75, 3.05) is 19.6 Å². The molecule has 132 valence electrons. The predicted molar refractivity (Wildman–Crippen MR) is 85.9 cm³/mol. The van der Waals surface area contributed by atoms with Crippen LogP contribution in [0.1, 0.15) is 26.7 Å². The first-order chi connectivity index (χ1) is 11.3. The average molecular weight is 337 g/mol. The Morgan fingerprint density at radius 1 is 1.33 bits per heavy atom. The van der Waals surface area contributed by atoms with Crippen molar-refractivity contribution in [1.82, 2.24) is 15.1 Å². The summed E-state index contributed by atoms with van der Waals surface area (Å²) in [5.74, 6) is -1.17. The third kappa shape index (κ3) is 4.50. The second-order valence-corrected chi connectivity index (χ2v) is 6.03. The van der Waals surface area contributed by atoms with E-state index in [1.165, 1.54) is 9.80 Å². The summed E-state index contributed by atoms with van der Waals surface area (Å²) in [6.45, 7) is 6.95. The van der Waals surface area contributed by atoms with Crippen molar-refractivity contribution in [2.24, 2.45) is 0 Å². The molecule has 8 heteroatoms. The minimum atomic E-state index is -1.08. The van der Waals surface area contributed by atoms with Gasteiger partial charge in [-0.2, -0.15) is 0 Å². The van der Waals surface area contributed by atoms with Crippen LogP contribution in [0.2, 0.25) is 0 Å². The average Bonchev–Trinajstić information content (AvgIpc) is 2.55. The van der Waals surface area contributed by atoms with Crippen molar-refractivity contribution in [3.05, 3.63) is 12.7 Å². The van der Waals surface area contributed by atoms with Crippen LogP contribution in [-0.4, -0.2) is 71.3 Å². The molecule has 0 aromatic carbocycles. The van der Waals surface area contributed by atoms with Gasteiger partial charge in [-0.15, -0.1) is 0 Å².